The molecule has 1 aromatic rings. The molecule has 0 aliphatic carbocycles. The third-order valence-corrected chi connectivity index (χ3v) is 2.87. The Hall–Kier alpha value is -2.09. The molecule has 4 nitrogen and oxygen atoms in total. The summed E-state index contributed by atoms with van der Waals surface area (Å²) in [4.78, 5) is 13.0. The summed E-state index contributed by atoms with van der Waals surface area (Å²) < 4.78 is 18.6. The number of para-hydroxylation sites is 1. The molecule has 0 saturated carbocycles. The molecule has 1 aliphatic rings. The van der Waals surface area contributed by atoms with Gasteiger partial charge in [-0.05, 0) is 25.0 Å². The van der Waals surface area contributed by atoms with Gasteiger partial charge in [-0.3, -0.25) is 4.90 Å². The maximum absolute atomic E-state index is 13.5. The van der Waals surface area contributed by atoms with Crippen LogP contribution in [0.4, 0.5) is 9.18 Å². The third kappa shape index (κ3) is 2.59. The van der Waals surface area contributed by atoms with Crippen molar-refractivity contribution in [1.82, 2.24) is 4.90 Å². The van der Waals surface area contributed by atoms with E-state index in [1.807, 2.05) is 6.07 Å². The highest BCUT2D eigenvalue weighted by molar-refractivity contribution is 5.71. The van der Waals surface area contributed by atoms with E-state index < -0.39 is 18.3 Å². The Morgan fingerprint density at radius 3 is 2.83 bits per heavy atom. The Morgan fingerprint density at radius 2 is 2.17 bits per heavy atom. The lowest BCUT2D eigenvalue weighted by molar-refractivity contribution is 0.0876. The standard InChI is InChI=1S/C13H13FN2O2/c14-11-7-4-8-16(12(11)9-15)13(17)18-10-5-2-1-3-6-10/h1-3,5-6,11-12H,4,7-8H2. The Kier molecular flexibility index (Phi) is 3.78. The highest BCUT2D eigenvalue weighted by Gasteiger charge is 2.35. The molecule has 1 amide bonds. The number of likely N-dealkylation sites (tertiary alicyclic amines) is 1. The molecule has 0 N–H and O–H groups in total. The van der Waals surface area contributed by atoms with E-state index in [2.05, 4.69) is 0 Å². The Labute approximate surface area is 105 Å². The number of carbonyl (C=O) groups is 1. The number of rotatable bonds is 1. The number of nitrogens with zero attached hydrogens (tertiary/aromatic N) is 2. The average molecular weight is 248 g/mol. The van der Waals surface area contributed by atoms with E-state index in [9.17, 15) is 9.18 Å². The van der Waals surface area contributed by atoms with E-state index in [0.29, 0.717) is 25.1 Å². The number of carbonyl (C=O) groups excluding carboxylic acids is 1. The van der Waals surface area contributed by atoms with Gasteiger partial charge in [0.1, 0.15) is 11.9 Å². The van der Waals surface area contributed by atoms with Crippen molar-refractivity contribution < 1.29 is 13.9 Å². The van der Waals surface area contributed by atoms with Crippen LogP contribution in [0.1, 0.15) is 12.8 Å². The first-order valence-electron chi connectivity index (χ1n) is 5.79. The Bertz CT molecular complexity index is 458. The highest BCUT2D eigenvalue weighted by atomic mass is 19.1. The fourth-order valence-electron chi connectivity index (χ4n) is 1.95. The third-order valence-electron chi connectivity index (χ3n) is 2.87. The SMILES string of the molecule is N#CC1C(F)CCCN1C(=O)Oc1ccccc1. The summed E-state index contributed by atoms with van der Waals surface area (Å²) in [5.74, 6) is 0.389. The molecule has 0 radical (unpaired) electrons. The van der Waals surface area contributed by atoms with Crippen LogP contribution in [0.3, 0.4) is 0 Å². The second-order valence-corrected chi connectivity index (χ2v) is 4.11. The Balaban J connectivity index is 2.06. The molecular formula is C13H13FN2O2. The second kappa shape index (κ2) is 5.50. The maximum atomic E-state index is 13.5. The van der Waals surface area contributed by atoms with Crippen molar-refractivity contribution in [2.45, 2.75) is 25.1 Å². The molecule has 94 valence electrons. The molecule has 1 fully saturated rings. The van der Waals surface area contributed by atoms with Gasteiger partial charge in [-0.15, -0.1) is 0 Å². The largest absolute Gasteiger partial charge is 0.416 e. The number of ether oxygens (including phenoxy) is 1. The molecule has 1 heterocycles. The van der Waals surface area contributed by atoms with Crippen LogP contribution in [0.15, 0.2) is 30.3 Å². The first kappa shape index (κ1) is 12.4. The molecule has 1 aromatic carbocycles. The van der Waals surface area contributed by atoms with Gasteiger partial charge in [0.05, 0.1) is 6.07 Å². The van der Waals surface area contributed by atoms with Crippen molar-refractivity contribution in [3.63, 3.8) is 0 Å². The number of hydrogen-bond acceptors (Lipinski definition) is 3. The number of alkyl halides is 1. The number of amides is 1. The smallest absolute Gasteiger partial charge is 0.410 e. The Morgan fingerprint density at radius 1 is 1.44 bits per heavy atom. The average Bonchev–Trinajstić information content (AvgIpc) is 2.39. The summed E-state index contributed by atoms with van der Waals surface area (Å²) in [7, 11) is 0. The molecule has 2 atom stereocenters. The lowest BCUT2D eigenvalue weighted by Crippen LogP contribution is -2.49. The van der Waals surface area contributed by atoms with Crippen LogP contribution >= 0.6 is 0 Å². The molecule has 5 heteroatoms. The zero-order valence-corrected chi connectivity index (χ0v) is 9.75. The van der Waals surface area contributed by atoms with Gasteiger partial charge in [0.25, 0.3) is 0 Å². The van der Waals surface area contributed by atoms with Gasteiger partial charge in [0.15, 0.2) is 6.04 Å². The fourth-order valence-corrected chi connectivity index (χ4v) is 1.95. The van der Waals surface area contributed by atoms with Gasteiger partial charge in [0.2, 0.25) is 0 Å². The summed E-state index contributed by atoms with van der Waals surface area (Å²) in [6.45, 7) is 0.352. The van der Waals surface area contributed by atoms with Crippen LogP contribution in [0.25, 0.3) is 0 Å². The molecular weight excluding hydrogens is 235 g/mol. The molecule has 1 saturated heterocycles. The van der Waals surface area contributed by atoms with Crippen LogP contribution in [0, 0.1) is 11.3 Å². The van der Waals surface area contributed by atoms with Gasteiger partial charge in [-0.25, -0.2) is 9.18 Å². The number of nitriles is 1. The summed E-state index contributed by atoms with van der Waals surface area (Å²) in [6, 6.07) is 9.31. The van der Waals surface area contributed by atoms with Crippen molar-refractivity contribution >= 4 is 6.09 Å². The van der Waals surface area contributed by atoms with E-state index in [1.54, 1.807) is 30.3 Å². The number of benzene rings is 1. The summed E-state index contributed by atoms with van der Waals surface area (Å²) >= 11 is 0. The zero-order chi connectivity index (χ0) is 13.0. The maximum Gasteiger partial charge on any atom is 0.416 e. The van der Waals surface area contributed by atoms with Crippen LogP contribution in [-0.4, -0.2) is 29.8 Å². The van der Waals surface area contributed by atoms with Crippen molar-refractivity contribution in [3.8, 4) is 11.8 Å². The highest BCUT2D eigenvalue weighted by Crippen LogP contribution is 2.21. The molecule has 2 unspecified atom stereocenters. The van der Waals surface area contributed by atoms with Crippen molar-refractivity contribution in [3.05, 3.63) is 30.3 Å². The minimum atomic E-state index is -1.30. The lowest BCUT2D eigenvalue weighted by Gasteiger charge is -2.32. The van der Waals surface area contributed by atoms with E-state index >= 15 is 0 Å². The molecule has 0 aromatic heterocycles. The minimum absolute atomic E-state index is 0.313. The molecule has 0 bridgehead atoms. The lowest BCUT2D eigenvalue weighted by atomic mass is 10.0. The minimum Gasteiger partial charge on any atom is -0.410 e. The van der Waals surface area contributed by atoms with Crippen LogP contribution in [-0.2, 0) is 0 Å². The number of piperidine rings is 1. The van der Waals surface area contributed by atoms with Crippen molar-refractivity contribution in [2.75, 3.05) is 6.54 Å². The van der Waals surface area contributed by atoms with Gasteiger partial charge in [-0.1, -0.05) is 18.2 Å². The number of halogens is 1. The van der Waals surface area contributed by atoms with Gasteiger partial charge < -0.3 is 4.74 Å². The zero-order valence-electron chi connectivity index (χ0n) is 9.75. The topological polar surface area (TPSA) is 53.3 Å². The molecule has 1 aliphatic heterocycles. The van der Waals surface area contributed by atoms with Crippen LogP contribution < -0.4 is 4.74 Å². The first-order valence-corrected chi connectivity index (χ1v) is 5.79. The predicted molar refractivity (Wildman–Crippen MR) is 62.7 cm³/mol. The molecule has 0 spiro atoms. The van der Waals surface area contributed by atoms with E-state index in [1.165, 1.54) is 0 Å². The van der Waals surface area contributed by atoms with Crippen molar-refractivity contribution in [1.29, 1.82) is 5.26 Å². The van der Waals surface area contributed by atoms with E-state index in [4.69, 9.17) is 10.00 Å². The van der Waals surface area contributed by atoms with Gasteiger partial charge >= 0.3 is 6.09 Å². The van der Waals surface area contributed by atoms with Gasteiger partial charge in [0, 0.05) is 6.54 Å². The first-order chi connectivity index (χ1) is 8.72. The summed E-state index contributed by atoms with van der Waals surface area (Å²) in [6.07, 6.45) is -1.11. The fraction of sp³-hybridized carbons (Fsp3) is 0.385. The van der Waals surface area contributed by atoms with Crippen LogP contribution in [0.5, 0.6) is 5.75 Å². The van der Waals surface area contributed by atoms with Crippen LogP contribution in [0.2, 0.25) is 0 Å². The monoisotopic (exact) mass is 248 g/mol. The normalized spacial score (nSPS) is 23.2. The predicted octanol–water partition coefficient (Wildman–Crippen LogP) is 2.51. The van der Waals surface area contributed by atoms with Crippen molar-refractivity contribution in [2.24, 2.45) is 0 Å². The molecule has 18 heavy (non-hydrogen) atoms. The second-order valence-electron chi connectivity index (χ2n) is 4.11. The summed E-state index contributed by atoms with van der Waals surface area (Å²) in [5.41, 5.74) is 0. The quantitative estimate of drug-likeness (QED) is 0.767. The van der Waals surface area contributed by atoms with E-state index in [0.717, 1.165) is 4.90 Å². The van der Waals surface area contributed by atoms with Gasteiger partial charge in [-0.2, -0.15) is 5.26 Å². The summed E-state index contributed by atoms with van der Waals surface area (Å²) in [5, 5.41) is 8.91. The number of hydrogen-bond donors (Lipinski definition) is 0. The van der Waals surface area contributed by atoms with E-state index in [-0.39, 0.29) is 0 Å². The molecule has 2 rings (SSSR count).